The van der Waals surface area contributed by atoms with Crippen LogP contribution < -0.4 is 10.2 Å². The number of methoxy groups -OCH3 is 1. The molecule has 21 heavy (non-hydrogen) atoms. The largest absolute Gasteiger partial charge is 0.464 e. The van der Waals surface area contributed by atoms with Gasteiger partial charge in [-0.3, -0.25) is 4.79 Å². The maximum absolute atomic E-state index is 11.8. The van der Waals surface area contributed by atoms with Gasteiger partial charge in [0.1, 0.15) is 6.54 Å². The molecule has 0 saturated heterocycles. The van der Waals surface area contributed by atoms with Gasteiger partial charge in [0.15, 0.2) is 10.8 Å². The van der Waals surface area contributed by atoms with Crippen LogP contribution in [0.25, 0.3) is 0 Å². The fourth-order valence-electron chi connectivity index (χ4n) is 2.19. The van der Waals surface area contributed by atoms with Crippen molar-refractivity contribution in [3.8, 4) is 0 Å². The molecule has 1 aromatic carbocycles. The first-order chi connectivity index (χ1) is 10.1. The van der Waals surface area contributed by atoms with Gasteiger partial charge in [-0.1, -0.05) is 12.1 Å². The summed E-state index contributed by atoms with van der Waals surface area (Å²) in [5.74, 6) is -0.578. The number of para-hydroxylation sites is 2. The number of aryl methyl sites for hydroxylation is 1. The topological polar surface area (TPSA) is 71.5 Å². The molecule has 0 spiro atoms. The molecule has 6 nitrogen and oxygen atoms in total. The van der Waals surface area contributed by atoms with Crippen LogP contribution in [0.1, 0.15) is 15.4 Å². The Kier molecular flexibility index (Phi) is 3.34. The molecule has 0 radical (unpaired) electrons. The summed E-state index contributed by atoms with van der Waals surface area (Å²) in [5, 5.41) is 3.43. The van der Waals surface area contributed by atoms with E-state index < -0.39 is 5.97 Å². The maximum atomic E-state index is 11.8. The van der Waals surface area contributed by atoms with E-state index in [1.165, 1.54) is 18.4 Å². The second-order valence-corrected chi connectivity index (χ2v) is 5.73. The number of aromatic nitrogens is 1. The summed E-state index contributed by atoms with van der Waals surface area (Å²) in [4.78, 5) is 30.4. The molecular formula is C14H13N3O3S. The van der Waals surface area contributed by atoms with Gasteiger partial charge in [0.2, 0.25) is 5.91 Å². The summed E-state index contributed by atoms with van der Waals surface area (Å²) in [5.41, 5.74) is 1.89. The standard InChI is InChI=1S/C14H13N3O3S/c1-8-12(13(19)20-2)16-14(21-8)17-7-11(18)15-9-5-3-4-6-10(9)17/h3-6H,7H2,1-2H3,(H,15,18). The lowest BCUT2D eigenvalue weighted by molar-refractivity contribution is -0.115. The summed E-state index contributed by atoms with van der Waals surface area (Å²) in [6, 6.07) is 7.49. The van der Waals surface area contributed by atoms with Crippen LogP contribution in [-0.2, 0) is 9.53 Å². The lowest BCUT2D eigenvalue weighted by Gasteiger charge is -2.28. The maximum Gasteiger partial charge on any atom is 0.357 e. The first kappa shape index (κ1) is 13.6. The van der Waals surface area contributed by atoms with E-state index in [4.69, 9.17) is 4.74 Å². The van der Waals surface area contributed by atoms with Crippen LogP contribution in [0.5, 0.6) is 0 Å². The van der Waals surface area contributed by atoms with Crippen LogP contribution in [0.3, 0.4) is 0 Å². The summed E-state index contributed by atoms with van der Waals surface area (Å²) in [6.45, 7) is 1.98. The molecule has 0 atom stereocenters. The van der Waals surface area contributed by atoms with Gasteiger partial charge in [-0.25, -0.2) is 9.78 Å². The molecule has 0 fully saturated rings. The zero-order chi connectivity index (χ0) is 15.0. The van der Waals surface area contributed by atoms with Crippen LogP contribution in [0.4, 0.5) is 16.5 Å². The third-order valence-electron chi connectivity index (χ3n) is 3.17. The number of rotatable bonds is 2. The van der Waals surface area contributed by atoms with Crippen LogP contribution in [0.2, 0.25) is 0 Å². The molecule has 0 bridgehead atoms. The zero-order valence-corrected chi connectivity index (χ0v) is 12.4. The first-order valence-corrected chi connectivity index (χ1v) is 7.14. The van der Waals surface area contributed by atoms with Crippen molar-refractivity contribution in [3.05, 3.63) is 34.8 Å². The van der Waals surface area contributed by atoms with Gasteiger partial charge in [-0.2, -0.15) is 0 Å². The Morgan fingerprint density at radius 1 is 1.43 bits per heavy atom. The number of carbonyl (C=O) groups is 2. The number of fused-ring (bicyclic) bond motifs is 1. The van der Waals surface area contributed by atoms with Crippen molar-refractivity contribution in [3.63, 3.8) is 0 Å². The van der Waals surface area contributed by atoms with Crippen LogP contribution in [0, 0.1) is 6.92 Å². The number of amides is 1. The number of nitrogens with zero attached hydrogens (tertiary/aromatic N) is 2. The van der Waals surface area contributed by atoms with Crippen molar-refractivity contribution in [2.24, 2.45) is 0 Å². The van der Waals surface area contributed by atoms with Gasteiger partial charge in [-0.05, 0) is 19.1 Å². The highest BCUT2D eigenvalue weighted by Gasteiger charge is 2.27. The Morgan fingerprint density at radius 2 is 2.19 bits per heavy atom. The lowest BCUT2D eigenvalue weighted by atomic mass is 10.2. The van der Waals surface area contributed by atoms with Crippen molar-refractivity contribution in [2.45, 2.75) is 6.92 Å². The average molecular weight is 303 g/mol. The molecule has 7 heteroatoms. The molecule has 2 aromatic rings. The minimum atomic E-state index is -0.468. The Hall–Kier alpha value is -2.41. The number of benzene rings is 1. The highest BCUT2D eigenvalue weighted by atomic mass is 32.1. The molecule has 108 valence electrons. The Morgan fingerprint density at radius 3 is 2.95 bits per heavy atom. The number of thiazole rings is 1. The van der Waals surface area contributed by atoms with E-state index in [1.807, 2.05) is 31.2 Å². The van der Waals surface area contributed by atoms with E-state index in [0.29, 0.717) is 10.8 Å². The van der Waals surface area contributed by atoms with E-state index in [9.17, 15) is 9.59 Å². The molecular weight excluding hydrogens is 290 g/mol. The fourth-order valence-corrected chi connectivity index (χ4v) is 3.10. The van der Waals surface area contributed by atoms with Crippen LogP contribution >= 0.6 is 11.3 Å². The van der Waals surface area contributed by atoms with Crippen molar-refractivity contribution >= 4 is 39.7 Å². The molecule has 1 aliphatic rings. The number of nitrogens with one attached hydrogen (secondary N) is 1. The van der Waals surface area contributed by atoms with E-state index in [1.54, 1.807) is 4.90 Å². The number of esters is 1. The van der Waals surface area contributed by atoms with Gasteiger partial charge >= 0.3 is 5.97 Å². The number of ether oxygens (including phenoxy) is 1. The van der Waals surface area contributed by atoms with Crippen molar-refractivity contribution in [2.75, 3.05) is 23.9 Å². The minimum Gasteiger partial charge on any atom is -0.464 e. The van der Waals surface area contributed by atoms with Crippen LogP contribution in [-0.4, -0.2) is 30.5 Å². The number of carbonyl (C=O) groups excluding carboxylic acids is 2. The second kappa shape index (κ2) is 5.17. The van der Waals surface area contributed by atoms with E-state index in [2.05, 4.69) is 10.3 Å². The molecule has 2 heterocycles. The summed E-state index contributed by atoms with van der Waals surface area (Å²) in [7, 11) is 1.32. The van der Waals surface area contributed by atoms with Crippen molar-refractivity contribution in [1.29, 1.82) is 0 Å². The SMILES string of the molecule is COC(=O)c1nc(N2CC(=O)Nc3ccccc32)sc1C. The van der Waals surface area contributed by atoms with E-state index in [0.717, 1.165) is 16.3 Å². The highest BCUT2D eigenvalue weighted by molar-refractivity contribution is 7.16. The molecule has 1 aromatic heterocycles. The molecule has 1 amide bonds. The average Bonchev–Trinajstić information content (AvgIpc) is 2.87. The monoisotopic (exact) mass is 303 g/mol. The summed E-state index contributed by atoms with van der Waals surface area (Å²) in [6.07, 6.45) is 0. The molecule has 1 N–H and O–H groups in total. The third kappa shape index (κ3) is 2.36. The first-order valence-electron chi connectivity index (χ1n) is 6.32. The summed E-state index contributed by atoms with van der Waals surface area (Å²) >= 11 is 1.36. The highest BCUT2D eigenvalue weighted by Crippen LogP contribution is 2.37. The van der Waals surface area contributed by atoms with E-state index >= 15 is 0 Å². The van der Waals surface area contributed by atoms with Crippen molar-refractivity contribution in [1.82, 2.24) is 4.98 Å². The number of hydrogen-bond acceptors (Lipinski definition) is 6. The Balaban J connectivity index is 2.05. The molecule has 0 aliphatic carbocycles. The fraction of sp³-hybridized carbons (Fsp3) is 0.214. The summed E-state index contributed by atoms with van der Waals surface area (Å²) < 4.78 is 4.72. The zero-order valence-electron chi connectivity index (χ0n) is 11.5. The minimum absolute atomic E-state index is 0.110. The Labute approximate surface area is 125 Å². The van der Waals surface area contributed by atoms with Crippen LogP contribution in [0.15, 0.2) is 24.3 Å². The van der Waals surface area contributed by atoms with Gasteiger partial charge < -0.3 is 15.0 Å². The normalized spacial score (nSPS) is 13.6. The third-order valence-corrected chi connectivity index (χ3v) is 4.16. The lowest BCUT2D eigenvalue weighted by Crippen LogP contribution is -2.34. The van der Waals surface area contributed by atoms with Gasteiger partial charge in [-0.15, -0.1) is 11.3 Å². The second-order valence-electron chi connectivity index (χ2n) is 4.54. The number of anilines is 3. The smallest absolute Gasteiger partial charge is 0.357 e. The van der Waals surface area contributed by atoms with Gasteiger partial charge in [0.05, 0.1) is 18.5 Å². The molecule has 3 rings (SSSR count). The molecule has 1 aliphatic heterocycles. The van der Waals surface area contributed by atoms with Crippen molar-refractivity contribution < 1.29 is 14.3 Å². The van der Waals surface area contributed by atoms with E-state index in [-0.39, 0.29) is 12.5 Å². The molecule has 0 unspecified atom stereocenters. The van der Waals surface area contributed by atoms with Gasteiger partial charge in [0, 0.05) is 4.88 Å². The predicted octanol–water partition coefficient (Wildman–Crippen LogP) is 2.33. The Bertz CT molecular complexity index is 726. The molecule has 0 saturated carbocycles. The quantitative estimate of drug-likeness (QED) is 0.862. The number of hydrogen-bond donors (Lipinski definition) is 1. The predicted molar refractivity (Wildman–Crippen MR) is 80.3 cm³/mol. The van der Waals surface area contributed by atoms with Gasteiger partial charge in [0.25, 0.3) is 0 Å².